The third-order valence-corrected chi connectivity index (χ3v) is 7.04. The molecule has 5 nitrogen and oxygen atoms in total. The monoisotopic (exact) mass is 512 g/mol. The van der Waals surface area contributed by atoms with Crippen molar-refractivity contribution in [2.45, 2.75) is 55.8 Å². The highest BCUT2D eigenvalue weighted by atomic mass is 35.5. The highest BCUT2D eigenvalue weighted by Crippen LogP contribution is 2.56. The lowest BCUT2D eigenvalue weighted by molar-refractivity contribution is -0.202. The number of hydrogen-bond acceptors (Lipinski definition) is 5. The van der Waals surface area contributed by atoms with Gasteiger partial charge in [0, 0.05) is 21.5 Å². The van der Waals surface area contributed by atoms with Crippen LogP contribution in [-0.4, -0.2) is 29.7 Å². The van der Waals surface area contributed by atoms with Crippen molar-refractivity contribution in [1.82, 2.24) is 5.32 Å². The SMILES string of the molecule is CCC1(CC)N[C@@H](C(=O)OC(=O)C(F)(F)F)[C@H](c2cccc(Cl)c2)[C@@]1(C#N)c1ccc(Cl)cc1. The van der Waals surface area contributed by atoms with Crippen LogP contribution in [0.1, 0.15) is 43.7 Å². The van der Waals surface area contributed by atoms with Crippen molar-refractivity contribution in [1.29, 1.82) is 5.26 Å². The molecular formula is C24H21Cl2F3N2O3. The maximum atomic E-state index is 13.0. The molecule has 1 aliphatic rings. The van der Waals surface area contributed by atoms with Gasteiger partial charge in [0.15, 0.2) is 0 Å². The quantitative estimate of drug-likeness (QED) is 0.410. The topological polar surface area (TPSA) is 79.2 Å². The summed E-state index contributed by atoms with van der Waals surface area (Å²) in [5.74, 6) is -5.08. The molecule has 1 fully saturated rings. The largest absolute Gasteiger partial charge is 0.491 e. The van der Waals surface area contributed by atoms with E-state index in [1.54, 1.807) is 48.5 Å². The Bertz CT molecular complexity index is 1130. The summed E-state index contributed by atoms with van der Waals surface area (Å²) < 4.78 is 42.8. The summed E-state index contributed by atoms with van der Waals surface area (Å²) in [5, 5.41) is 14.5. The zero-order valence-corrected chi connectivity index (χ0v) is 19.8. The van der Waals surface area contributed by atoms with Crippen molar-refractivity contribution in [3.05, 3.63) is 69.7 Å². The number of esters is 2. The minimum absolute atomic E-state index is 0.310. The fourth-order valence-corrected chi connectivity index (χ4v) is 5.34. The predicted octanol–water partition coefficient (Wildman–Crippen LogP) is 5.70. The highest BCUT2D eigenvalue weighted by molar-refractivity contribution is 6.30. The summed E-state index contributed by atoms with van der Waals surface area (Å²) in [4.78, 5) is 24.5. The number of rotatable bonds is 5. The van der Waals surface area contributed by atoms with E-state index in [0.29, 0.717) is 34.0 Å². The van der Waals surface area contributed by atoms with Gasteiger partial charge in [0.2, 0.25) is 0 Å². The second-order valence-corrected chi connectivity index (χ2v) is 8.95. The molecule has 34 heavy (non-hydrogen) atoms. The molecule has 0 bridgehead atoms. The van der Waals surface area contributed by atoms with Crippen molar-refractivity contribution >= 4 is 35.1 Å². The Morgan fingerprint density at radius 1 is 1.09 bits per heavy atom. The van der Waals surface area contributed by atoms with Gasteiger partial charge >= 0.3 is 18.1 Å². The normalized spacial score (nSPS) is 23.8. The summed E-state index contributed by atoms with van der Waals surface area (Å²) in [6.45, 7) is 3.62. The maximum Gasteiger partial charge on any atom is 0.491 e. The number of nitrogens with zero attached hydrogens (tertiary/aromatic N) is 1. The fourth-order valence-electron chi connectivity index (χ4n) is 5.01. The van der Waals surface area contributed by atoms with E-state index in [0.717, 1.165) is 0 Å². The molecule has 3 atom stereocenters. The van der Waals surface area contributed by atoms with Crippen LogP contribution >= 0.6 is 23.2 Å². The van der Waals surface area contributed by atoms with E-state index >= 15 is 0 Å². The lowest BCUT2D eigenvalue weighted by Gasteiger charge is -2.43. The number of halogens is 5. The lowest BCUT2D eigenvalue weighted by atomic mass is 9.58. The Hall–Kier alpha value is -2.60. The van der Waals surface area contributed by atoms with Crippen LogP contribution in [0.2, 0.25) is 10.0 Å². The molecule has 0 amide bonds. The number of hydrogen-bond donors (Lipinski definition) is 1. The van der Waals surface area contributed by atoms with Crippen LogP contribution in [0.3, 0.4) is 0 Å². The van der Waals surface area contributed by atoms with E-state index in [4.69, 9.17) is 23.2 Å². The Labute approximate surface area is 204 Å². The smallest absolute Gasteiger partial charge is 0.385 e. The van der Waals surface area contributed by atoms with Crippen LogP contribution in [0.5, 0.6) is 0 Å². The standard InChI is InChI=1S/C24H21Cl2F3N2O3/c1-3-22(4-2)23(13-30,15-8-10-16(25)11-9-15)18(14-6-5-7-17(26)12-14)19(31-22)20(32)34-21(33)24(27,28)29/h5-12,18-19,31H,3-4H2,1-2H3/t18-,19+,23+/m0/s1. The molecule has 2 aromatic rings. The minimum Gasteiger partial charge on any atom is -0.385 e. The molecule has 1 heterocycles. The number of benzene rings is 2. The van der Waals surface area contributed by atoms with Gasteiger partial charge in [-0.2, -0.15) is 18.4 Å². The number of ether oxygens (including phenoxy) is 1. The van der Waals surface area contributed by atoms with Crippen LogP contribution in [0, 0.1) is 11.3 Å². The van der Waals surface area contributed by atoms with Crippen molar-refractivity contribution in [3.63, 3.8) is 0 Å². The van der Waals surface area contributed by atoms with Gasteiger partial charge in [-0.3, -0.25) is 5.32 Å². The van der Waals surface area contributed by atoms with Crippen LogP contribution in [0.25, 0.3) is 0 Å². The van der Waals surface area contributed by atoms with Crippen LogP contribution < -0.4 is 5.32 Å². The zero-order valence-electron chi connectivity index (χ0n) is 18.2. The third-order valence-electron chi connectivity index (χ3n) is 6.56. The van der Waals surface area contributed by atoms with E-state index in [9.17, 15) is 28.0 Å². The Kier molecular flexibility index (Phi) is 7.32. The Balaban J connectivity index is 2.29. The van der Waals surface area contributed by atoms with Crippen molar-refractivity contribution in [2.24, 2.45) is 0 Å². The van der Waals surface area contributed by atoms with Crippen LogP contribution in [0.15, 0.2) is 48.5 Å². The first-order valence-corrected chi connectivity index (χ1v) is 11.2. The maximum absolute atomic E-state index is 13.0. The minimum atomic E-state index is -5.35. The van der Waals surface area contributed by atoms with Gasteiger partial charge in [0.1, 0.15) is 11.5 Å². The Morgan fingerprint density at radius 3 is 2.21 bits per heavy atom. The number of alkyl halides is 3. The van der Waals surface area contributed by atoms with Crippen LogP contribution in [0.4, 0.5) is 13.2 Å². The summed E-state index contributed by atoms with van der Waals surface area (Å²) in [6.07, 6.45) is -4.67. The van der Waals surface area contributed by atoms with Gasteiger partial charge in [0.25, 0.3) is 0 Å². The fraction of sp³-hybridized carbons (Fsp3) is 0.375. The average Bonchev–Trinajstić information content (AvgIpc) is 3.10. The van der Waals surface area contributed by atoms with E-state index in [1.165, 1.54) is 0 Å². The average molecular weight is 513 g/mol. The third kappa shape index (κ3) is 4.28. The van der Waals surface area contributed by atoms with Gasteiger partial charge in [-0.25, -0.2) is 9.59 Å². The molecule has 0 aliphatic carbocycles. The molecule has 0 saturated carbocycles. The molecule has 2 aromatic carbocycles. The first kappa shape index (κ1) is 26.0. The first-order chi connectivity index (χ1) is 16.0. The van der Waals surface area contributed by atoms with E-state index in [2.05, 4.69) is 16.1 Å². The van der Waals surface area contributed by atoms with Gasteiger partial charge < -0.3 is 4.74 Å². The molecule has 0 spiro atoms. The highest BCUT2D eigenvalue weighted by Gasteiger charge is 2.66. The molecule has 10 heteroatoms. The second kappa shape index (κ2) is 9.57. The second-order valence-electron chi connectivity index (χ2n) is 8.08. The molecule has 180 valence electrons. The van der Waals surface area contributed by atoms with Crippen molar-refractivity contribution in [2.75, 3.05) is 0 Å². The zero-order chi connectivity index (χ0) is 25.3. The molecule has 0 radical (unpaired) electrons. The number of nitrogens with one attached hydrogen (secondary N) is 1. The van der Waals surface area contributed by atoms with Crippen molar-refractivity contribution < 1.29 is 27.5 Å². The summed E-state index contributed by atoms with van der Waals surface area (Å²) in [6, 6.07) is 13.8. The van der Waals surface area contributed by atoms with Gasteiger partial charge in [-0.1, -0.05) is 61.3 Å². The molecule has 1 aliphatic heterocycles. The molecule has 0 unspecified atom stereocenters. The molecular weight excluding hydrogens is 492 g/mol. The lowest BCUT2D eigenvalue weighted by Crippen LogP contribution is -2.55. The molecule has 1 saturated heterocycles. The summed E-state index contributed by atoms with van der Waals surface area (Å²) in [5.41, 5.74) is -1.57. The van der Waals surface area contributed by atoms with E-state index in [1.807, 2.05) is 13.8 Å². The summed E-state index contributed by atoms with van der Waals surface area (Å²) >= 11 is 12.3. The van der Waals surface area contributed by atoms with Crippen LogP contribution in [-0.2, 0) is 19.7 Å². The summed E-state index contributed by atoms with van der Waals surface area (Å²) in [7, 11) is 0. The molecule has 0 aromatic heterocycles. The number of carbonyl (C=O) groups excluding carboxylic acids is 2. The predicted molar refractivity (Wildman–Crippen MR) is 120 cm³/mol. The molecule has 3 rings (SSSR count). The van der Waals surface area contributed by atoms with E-state index in [-0.39, 0.29) is 0 Å². The Morgan fingerprint density at radius 2 is 1.71 bits per heavy atom. The number of nitriles is 1. The molecule has 1 N–H and O–H groups in total. The van der Waals surface area contributed by atoms with E-state index < -0.39 is 41.0 Å². The van der Waals surface area contributed by atoms with Gasteiger partial charge in [-0.05, 0) is 48.2 Å². The first-order valence-electron chi connectivity index (χ1n) is 10.5. The number of carbonyl (C=O) groups is 2. The van der Waals surface area contributed by atoms with Crippen molar-refractivity contribution in [3.8, 4) is 6.07 Å². The van der Waals surface area contributed by atoms with Gasteiger partial charge in [0.05, 0.1) is 6.07 Å². The van der Waals surface area contributed by atoms with Gasteiger partial charge in [-0.15, -0.1) is 0 Å².